The number of aldehydes is 1. The molecule has 0 spiro atoms. The summed E-state index contributed by atoms with van der Waals surface area (Å²) in [6, 6.07) is 0. The molecule has 1 atom stereocenters. The summed E-state index contributed by atoms with van der Waals surface area (Å²) >= 11 is 0. The zero-order valence-corrected chi connectivity index (χ0v) is 5.97. The van der Waals surface area contributed by atoms with Crippen LogP contribution in [0.1, 0.15) is 32.6 Å². The van der Waals surface area contributed by atoms with E-state index >= 15 is 0 Å². The molecule has 0 amide bonds. The van der Waals surface area contributed by atoms with Gasteiger partial charge in [-0.05, 0) is 18.8 Å². The quantitative estimate of drug-likeness (QED) is 0.526. The smallest absolute Gasteiger partial charge is 0.123 e. The van der Waals surface area contributed by atoms with Gasteiger partial charge in [0.05, 0.1) is 0 Å². The largest absolute Gasteiger partial charge is 0.303 e. The summed E-state index contributed by atoms with van der Waals surface area (Å²) in [5.74, 6) is 1.26. The molecule has 0 aliphatic heterocycles. The molecule has 1 nitrogen and oxygen atoms in total. The van der Waals surface area contributed by atoms with Crippen molar-refractivity contribution >= 4 is 6.29 Å². The van der Waals surface area contributed by atoms with Gasteiger partial charge in [0.15, 0.2) is 0 Å². The average molecular weight is 126 g/mol. The fourth-order valence-electron chi connectivity index (χ4n) is 1.10. The summed E-state index contributed by atoms with van der Waals surface area (Å²) in [6.45, 7) is 2.08. The van der Waals surface area contributed by atoms with Crippen LogP contribution in [0.3, 0.4) is 0 Å². The van der Waals surface area contributed by atoms with Crippen molar-refractivity contribution in [2.45, 2.75) is 32.6 Å². The van der Waals surface area contributed by atoms with Gasteiger partial charge in [-0.25, -0.2) is 0 Å². The lowest BCUT2D eigenvalue weighted by Crippen LogP contribution is -2.00. The van der Waals surface area contributed by atoms with Crippen molar-refractivity contribution in [2.24, 2.45) is 11.8 Å². The van der Waals surface area contributed by atoms with Crippen molar-refractivity contribution in [3.05, 3.63) is 0 Å². The second-order valence-corrected chi connectivity index (χ2v) is 2.98. The van der Waals surface area contributed by atoms with Crippen molar-refractivity contribution < 1.29 is 4.79 Å². The van der Waals surface area contributed by atoms with Gasteiger partial charge in [0.1, 0.15) is 6.29 Å². The third-order valence-electron chi connectivity index (χ3n) is 2.05. The lowest BCUT2D eigenvalue weighted by Gasteiger charge is -2.02. The Morgan fingerprint density at radius 3 is 2.67 bits per heavy atom. The third-order valence-corrected chi connectivity index (χ3v) is 2.05. The number of rotatable bonds is 4. The fraction of sp³-hybridized carbons (Fsp3) is 0.875. The van der Waals surface area contributed by atoms with Gasteiger partial charge in [0.25, 0.3) is 0 Å². The first-order valence-electron chi connectivity index (χ1n) is 3.82. The van der Waals surface area contributed by atoms with Gasteiger partial charge in [-0.1, -0.05) is 19.8 Å². The molecular weight excluding hydrogens is 112 g/mol. The van der Waals surface area contributed by atoms with Crippen LogP contribution >= 0.6 is 0 Å². The van der Waals surface area contributed by atoms with E-state index < -0.39 is 0 Å². The zero-order valence-electron chi connectivity index (χ0n) is 5.97. The Balaban J connectivity index is 2.12. The molecule has 1 aliphatic rings. The summed E-state index contributed by atoms with van der Waals surface area (Å²) in [6.07, 6.45) is 6.02. The molecule has 52 valence electrons. The summed E-state index contributed by atoms with van der Waals surface area (Å²) < 4.78 is 0. The number of carbonyl (C=O) groups is 1. The first-order chi connectivity index (χ1) is 4.36. The molecule has 1 rings (SSSR count). The van der Waals surface area contributed by atoms with Crippen LogP contribution in [0, 0.1) is 11.8 Å². The highest BCUT2D eigenvalue weighted by molar-refractivity contribution is 5.53. The Morgan fingerprint density at radius 1 is 1.67 bits per heavy atom. The van der Waals surface area contributed by atoms with Crippen LogP contribution in [0.4, 0.5) is 0 Å². The molecule has 0 N–H and O–H groups in total. The lowest BCUT2D eigenvalue weighted by molar-refractivity contribution is -0.111. The van der Waals surface area contributed by atoms with Crippen molar-refractivity contribution in [2.75, 3.05) is 0 Å². The third kappa shape index (κ3) is 2.17. The van der Waals surface area contributed by atoms with Gasteiger partial charge in [-0.3, -0.25) is 0 Å². The van der Waals surface area contributed by atoms with Gasteiger partial charge >= 0.3 is 0 Å². The van der Waals surface area contributed by atoms with Gasteiger partial charge in [-0.2, -0.15) is 0 Å². The van der Waals surface area contributed by atoms with Crippen molar-refractivity contribution in [1.82, 2.24) is 0 Å². The summed E-state index contributed by atoms with van der Waals surface area (Å²) in [7, 11) is 0. The summed E-state index contributed by atoms with van der Waals surface area (Å²) in [5, 5.41) is 0. The van der Waals surface area contributed by atoms with E-state index in [0.717, 1.165) is 25.0 Å². The van der Waals surface area contributed by atoms with E-state index in [4.69, 9.17) is 0 Å². The second-order valence-electron chi connectivity index (χ2n) is 2.98. The predicted molar refractivity (Wildman–Crippen MR) is 37.2 cm³/mol. The maximum Gasteiger partial charge on any atom is 0.123 e. The van der Waals surface area contributed by atoms with Crippen LogP contribution in [0.25, 0.3) is 0 Å². The molecule has 0 aromatic rings. The van der Waals surface area contributed by atoms with E-state index in [9.17, 15) is 4.79 Å². The maximum absolute atomic E-state index is 10.3. The highest BCUT2D eigenvalue weighted by atomic mass is 16.1. The Hall–Kier alpha value is -0.330. The molecule has 9 heavy (non-hydrogen) atoms. The molecule has 1 aliphatic carbocycles. The SMILES string of the molecule is CCC(C=O)CC1CC1. The summed E-state index contributed by atoms with van der Waals surface area (Å²) in [5.41, 5.74) is 0. The monoisotopic (exact) mass is 126 g/mol. The zero-order chi connectivity index (χ0) is 6.69. The Kier molecular flexibility index (Phi) is 2.26. The number of hydrogen-bond donors (Lipinski definition) is 0. The van der Waals surface area contributed by atoms with Gasteiger partial charge in [-0.15, -0.1) is 0 Å². The Bertz CT molecular complexity index is 94.7. The molecule has 0 aromatic heterocycles. The molecule has 1 fully saturated rings. The molecule has 1 saturated carbocycles. The minimum Gasteiger partial charge on any atom is -0.303 e. The van der Waals surface area contributed by atoms with Crippen LogP contribution in [0.5, 0.6) is 0 Å². The second kappa shape index (κ2) is 3.00. The molecule has 1 heteroatoms. The number of carbonyl (C=O) groups excluding carboxylic acids is 1. The maximum atomic E-state index is 10.3. The molecule has 0 bridgehead atoms. The molecule has 0 radical (unpaired) electrons. The average Bonchev–Trinajstić information content (AvgIpc) is 2.66. The van der Waals surface area contributed by atoms with E-state index in [1.165, 1.54) is 12.8 Å². The van der Waals surface area contributed by atoms with Crippen molar-refractivity contribution in [3.63, 3.8) is 0 Å². The molecular formula is C8H14O. The highest BCUT2D eigenvalue weighted by Crippen LogP contribution is 2.35. The van der Waals surface area contributed by atoms with Crippen molar-refractivity contribution in [1.29, 1.82) is 0 Å². The van der Waals surface area contributed by atoms with Gasteiger partial charge in [0, 0.05) is 5.92 Å². The fourth-order valence-corrected chi connectivity index (χ4v) is 1.10. The van der Waals surface area contributed by atoms with Crippen LogP contribution in [0.2, 0.25) is 0 Å². The standard InChI is InChI=1S/C8H14O/c1-2-7(6-9)5-8-3-4-8/h6-8H,2-5H2,1H3. The van der Waals surface area contributed by atoms with E-state index in [2.05, 4.69) is 6.92 Å². The summed E-state index contributed by atoms with van der Waals surface area (Å²) in [4.78, 5) is 10.3. The minimum atomic E-state index is 0.359. The minimum absolute atomic E-state index is 0.359. The van der Waals surface area contributed by atoms with Crippen LogP contribution in [0.15, 0.2) is 0 Å². The highest BCUT2D eigenvalue weighted by Gasteiger charge is 2.24. The van der Waals surface area contributed by atoms with E-state index in [0.29, 0.717) is 5.92 Å². The molecule has 0 heterocycles. The molecule has 0 saturated heterocycles. The lowest BCUT2D eigenvalue weighted by atomic mass is 10.0. The Morgan fingerprint density at radius 2 is 2.33 bits per heavy atom. The molecule has 1 unspecified atom stereocenters. The first-order valence-corrected chi connectivity index (χ1v) is 3.82. The Labute approximate surface area is 56.4 Å². The van der Waals surface area contributed by atoms with Crippen LogP contribution in [-0.2, 0) is 4.79 Å². The van der Waals surface area contributed by atoms with Crippen molar-refractivity contribution in [3.8, 4) is 0 Å². The number of hydrogen-bond acceptors (Lipinski definition) is 1. The first kappa shape index (κ1) is 6.79. The van der Waals surface area contributed by atoms with E-state index in [1.807, 2.05) is 0 Å². The van der Waals surface area contributed by atoms with Gasteiger partial charge < -0.3 is 4.79 Å². The predicted octanol–water partition coefficient (Wildman–Crippen LogP) is 2.01. The van der Waals surface area contributed by atoms with Crippen LogP contribution < -0.4 is 0 Å². The molecule has 0 aromatic carbocycles. The van der Waals surface area contributed by atoms with E-state index in [-0.39, 0.29) is 0 Å². The van der Waals surface area contributed by atoms with E-state index in [1.54, 1.807) is 0 Å². The normalized spacial score (nSPS) is 21.4. The van der Waals surface area contributed by atoms with Crippen LogP contribution in [-0.4, -0.2) is 6.29 Å². The van der Waals surface area contributed by atoms with Gasteiger partial charge in [0.2, 0.25) is 0 Å². The topological polar surface area (TPSA) is 17.1 Å².